The molecular weight excluding hydrogens is 757 g/mol. The zero-order valence-electron chi connectivity index (χ0n) is 29.7. The average molecular weight is 795 g/mol. The predicted octanol–water partition coefficient (Wildman–Crippen LogP) is 6.87. The molecule has 0 unspecified atom stereocenters. The molecule has 7 aromatic rings. The van der Waals surface area contributed by atoms with Gasteiger partial charge in [-0.2, -0.15) is 13.2 Å². The van der Waals surface area contributed by atoms with E-state index in [9.17, 15) is 27.0 Å². The smallest absolute Gasteiger partial charge is 0.422 e. The number of halogens is 4. The maximum Gasteiger partial charge on any atom is 0.422 e. The largest absolute Gasteiger partial charge is 0.484 e. The zero-order valence-corrected chi connectivity index (χ0v) is 31.3. The number of pyridine rings is 1. The van der Waals surface area contributed by atoms with Crippen molar-refractivity contribution >= 4 is 55.5 Å². The normalized spacial score (nSPS) is 14.7. The number of ether oxygens (including phenoxy) is 1. The van der Waals surface area contributed by atoms with Gasteiger partial charge in [0.2, 0.25) is 0 Å². The molecule has 1 aliphatic rings. The van der Waals surface area contributed by atoms with Crippen molar-refractivity contribution in [1.82, 2.24) is 39.0 Å². The van der Waals surface area contributed by atoms with Crippen molar-refractivity contribution in [2.24, 2.45) is 0 Å². The van der Waals surface area contributed by atoms with Crippen molar-refractivity contribution in [2.45, 2.75) is 55.9 Å². The molecule has 3 aromatic carbocycles. The number of hydrogen-bond acceptors (Lipinski definition) is 7. The zero-order chi connectivity index (χ0) is 38.7. The number of alkyl halides is 3. The number of para-hydroxylation sites is 4. The summed E-state index contributed by atoms with van der Waals surface area (Å²) in [6.07, 6.45) is -0.306. The summed E-state index contributed by atoms with van der Waals surface area (Å²) in [4.78, 5) is 44.3. The van der Waals surface area contributed by atoms with Crippen LogP contribution in [0.3, 0.4) is 0 Å². The summed E-state index contributed by atoms with van der Waals surface area (Å²) in [5.74, 6) is 0.0958. The van der Waals surface area contributed by atoms with Gasteiger partial charge < -0.3 is 24.6 Å². The summed E-state index contributed by atoms with van der Waals surface area (Å²) >= 11 is 6.05. The second-order valence-electron chi connectivity index (χ2n) is 13.3. The molecule has 55 heavy (non-hydrogen) atoms. The summed E-state index contributed by atoms with van der Waals surface area (Å²) in [5.41, 5.74) is 5.72. The van der Waals surface area contributed by atoms with Gasteiger partial charge >= 0.3 is 17.6 Å². The summed E-state index contributed by atoms with van der Waals surface area (Å²) in [7, 11) is -1.51. The number of aromatic amines is 3. The van der Waals surface area contributed by atoms with Crippen molar-refractivity contribution in [1.29, 1.82) is 0 Å². The highest BCUT2D eigenvalue weighted by Crippen LogP contribution is 2.27. The van der Waals surface area contributed by atoms with Gasteiger partial charge in [-0.25, -0.2) is 14.6 Å². The highest BCUT2D eigenvalue weighted by Gasteiger charge is 2.29. The number of aryl methyl sites for hydroxylation is 1. The van der Waals surface area contributed by atoms with Gasteiger partial charge in [0.15, 0.2) is 11.8 Å². The van der Waals surface area contributed by atoms with Crippen molar-refractivity contribution in [3.63, 3.8) is 0 Å². The molecule has 0 saturated carbocycles. The first-order chi connectivity index (χ1) is 26.4. The number of imidazole rings is 3. The lowest BCUT2D eigenvalue weighted by Crippen LogP contribution is -2.37. The van der Waals surface area contributed by atoms with Crippen LogP contribution in [0.2, 0.25) is 5.02 Å². The summed E-state index contributed by atoms with van der Waals surface area (Å²) < 4.78 is 57.9. The first-order valence-electron chi connectivity index (χ1n) is 17.7. The first kappa shape index (κ1) is 38.1. The van der Waals surface area contributed by atoms with Gasteiger partial charge in [-0.05, 0) is 81.3 Å². The van der Waals surface area contributed by atoms with Crippen LogP contribution in [0.15, 0.2) is 93.7 Å². The fraction of sp³-hybridized carbons (Fsp3) is 0.316. The van der Waals surface area contributed by atoms with Crippen molar-refractivity contribution in [3.8, 4) is 5.75 Å². The Morgan fingerprint density at radius 2 is 1.62 bits per heavy atom. The number of piperidine rings is 1. The van der Waals surface area contributed by atoms with Crippen LogP contribution in [0, 0.1) is 6.92 Å². The van der Waals surface area contributed by atoms with Gasteiger partial charge in [0, 0.05) is 42.5 Å². The number of benzene rings is 3. The molecule has 288 valence electrons. The number of likely N-dealkylation sites (tertiary alicyclic amines) is 1. The van der Waals surface area contributed by atoms with Gasteiger partial charge in [-0.3, -0.25) is 18.3 Å². The number of nitrogens with one attached hydrogen (secondary N) is 3. The average Bonchev–Trinajstić information content (AvgIpc) is 3.84. The topological polar surface area (TPSA) is 147 Å². The fourth-order valence-corrected chi connectivity index (χ4v) is 8.17. The Hall–Kier alpha value is -5.19. The molecule has 1 fully saturated rings. The lowest BCUT2D eigenvalue weighted by molar-refractivity contribution is -0.153. The maximum atomic E-state index is 12.5. The van der Waals surface area contributed by atoms with Gasteiger partial charge in [0.25, 0.3) is 0 Å². The highest BCUT2D eigenvalue weighted by molar-refractivity contribution is 7.84. The molecule has 0 aliphatic carbocycles. The van der Waals surface area contributed by atoms with Crippen LogP contribution < -0.4 is 16.1 Å². The molecule has 3 N–H and O–H groups in total. The van der Waals surface area contributed by atoms with E-state index in [0.717, 1.165) is 66.5 Å². The van der Waals surface area contributed by atoms with E-state index in [1.54, 1.807) is 19.1 Å². The summed E-state index contributed by atoms with van der Waals surface area (Å²) in [5, 5.41) is 0.920. The minimum atomic E-state index is -4.42. The molecule has 5 heterocycles. The molecule has 4 aromatic heterocycles. The molecule has 1 aliphatic heterocycles. The second kappa shape index (κ2) is 16.3. The van der Waals surface area contributed by atoms with E-state index < -0.39 is 23.6 Å². The lowest BCUT2D eigenvalue weighted by atomic mass is 10.0. The van der Waals surface area contributed by atoms with Gasteiger partial charge in [-0.15, -0.1) is 0 Å². The maximum absolute atomic E-state index is 12.5. The Morgan fingerprint density at radius 1 is 0.891 bits per heavy atom. The Morgan fingerprint density at radius 3 is 2.38 bits per heavy atom. The molecule has 0 radical (unpaired) electrons. The molecule has 1 atom stereocenters. The van der Waals surface area contributed by atoms with Crippen molar-refractivity contribution in [2.75, 3.05) is 26.2 Å². The van der Waals surface area contributed by atoms with Crippen LogP contribution >= 0.6 is 11.6 Å². The number of nitrogens with zero attached hydrogens (tertiary/aromatic N) is 5. The number of fused-ring (bicyclic) bond motifs is 3. The minimum Gasteiger partial charge on any atom is -0.484 e. The van der Waals surface area contributed by atoms with Crippen LogP contribution in [0.1, 0.15) is 36.6 Å². The number of aromatic nitrogens is 7. The van der Waals surface area contributed by atoms with Crippen LogP contribution in [-0.2, 0) is 23.1 Å². The van der Waals surface area contributed by atoms with Gasteiger partial charge in [0.1, 0.15) is 5.75 Å². The van der Waals surface area contributed by atoms with E-state index in [1.165, 1.54) is 12.3 Å². The Kier molecular flexibility index (Phi) is 11.3. The van der Waals surface area contributed by atoms with E-state index in [1.807, 2.05) is 63.7 Å². The molecule has 0 bridgehead atoms. The Labute approximate surface area is 319 Å². The van der Waals surface area contributed by atoms with E-state index >= 15 is 0 Å². The number of rotatable bonds is 10. The number of H-pyrrole nitrogens is 3. The quantitative estimate of drug-likeness (QED) is 0.137. The van der Waals surface area contributed by atoms with Gasteiger partial charge in [-0.1, -0.05) is 35.9 Å². The van der Waals surface area contributed by atoms with Crippen LogP contribution in [0.4, 0.5) is 13.2 Å². The van der Waals surface area contributed by atoms with E-state index in [0.29, 0.717) is 33.5 Å². The standard InChI is InChI=1S/C22H24ClN5O2.C16H14F3N3O2S/c23-15-6-7-20-18(14-15)25-22(30)28(20)16-8-12-26(13-9-16)10-3-11-27-19-5-2-1-4-17(19)24-21(27)29;1-10-13(20-7-6-14(10)24-9-16(17,18)19)8-25(23)15-21-11-4-2-3-5-12(11)22-15/h1-2,4-7,14,16H,3,8-13H2,(H,24,29)(H,25,30);2-7H,8-9H2,1H3,(H,21,22)/t;25-/m.1/s1. The fourth-order valence-electron chi connectivity index (χ4n) is 6.90. The van der Waals surface area contributed by atoms with Crippen LogP contribution in [0.25, 0.3) is 33.1 Å². The van der Waals surface area contributed by atoms with Crippen LogP contribution in [-0.4, -0.2) is 75.6 Å². The van der Waals surface area contributed by atoms with E-state index in [4.69, 9.17) is 16.3 Å². The first-order valence-corrected chi connectivity index (χ1v) is 19.4. The lowest BCUT2D eigenvalue weighted by Gasteiger charge is -2.32. The molecule has 12 nitrogen and oxygen atoms in total. The monoisotopic (exact) mass is 794 g/mol. The van der Waals surface area contributed by atoms with Gasteiger partial charge in [0.05, 0.1) is 55.3 Å². The van der Waals surface area contributed by atoms with Crippen LogP contribution in [0.5, 0.6) is 5.75 Å². The Balaban J connectivity index is 0.000000172. The van der Waals surface area contributed by atoms with Crippen molar-refractivity contribution in [3.05, 3.63) is 116 Å². The third kappa shape index (κ3) is 8.87. The van der Waals surface area contributed by atoms with Crippen molar-refractivity contribution < 1.29 is 22.1 Å². The third-order valence-electron chi connectivity index (χ3n) is 9.64. The molecule has 0 amide bonds. The molecule has 1 saturated heterocycles. The minimum absolute atomic E-state index is 0.0227. The highest BCUT2D eigenvalue weighted by atomic mass is 35.5. The molecule has 0 spiro atoms. The molecule has 17 heteroatoms. The van der Waals surface area contributed by atoms with E-state index in [2.05, 4.69) is 29.8 Å². The van der Waals surface area contributed by atoms with E-state index in [-0.39, 0.29) is 28.9 Å². The predicted molar refractivity (Wildman–Crippen MR) is 206 cm³/mol. The number of hydrogen-bond donors (Lipinski definition) is 3. The SMILES string of the molecule is Cc1c(OCC(F)(F)F)ccnc1C[S@@](=O)c1nc2ccccc2[nH]1.O=c1[nH]c2ccccc2n1CCCN1CCC(n2c(=O)[nH]c3cc(Cl)ccc32)CC1. The molecular formula is C38H38ClF3N8O4S. The molecule has 8 rings (SSSR count). The Bertz CT molecular complexity index is 2550. The third-order valence-corrected chi connectivity index (χ3v) is 11.0. The summed E-state index contributed by atoms with van der Waals surface area (Å²) in [6, 6.07) is 22.2. The summed E-state index contributed by atoms with van der Waals surface area (Å²) in [6.45, 7) is 3.73. The second-order valence-corrected chi connectivity index (χ2v) is 15.1.